The van der Waals surface area contributed by atoms with Crippen LogP contribution in [0, 0.1) is 0 Å². The highest BCUT2D eigenvalue weighted by Crippen LogP contribution is 2.25. The first kappa shape index (κ1) is 19.3. The van der Waals surface area contributed by atoms with Crippen LogP contribution in [-0.4, -0.2) is 27.9 Å². The summed E-state index contributed by atoms with van der Waals surface area (Å²) in [5.41, 5.74) is 6.23. The van der Waals surface area contributed by atoms with Crippen molar-refractivity contribution in [1.29, 1.82) is 0 Å². The first-order chi connectivity index (χ1) is 11.4. The van der Waals surface area contributed by atoms with Crippen molar-refractivity contribution < 1.29 is 17.9 Å². The van der Waals surface area contributed by atoms with E-state index in [1.165, 1.54) is 18.2 Å². The monoisotopic (exact) mass is 467 g/mol. The quantitative estimate of drug-likeness (QED) is 0.413. The number of hydrogen-bond acceptors (Lipinski definition) is 3. The topological polar surface area (TPSA) is 77.5 Å². The Labute approximate surface area is 159 Å². The Bertz CT molecular complexity index is 747. The molecule has 0 amide bonds. The van der Waals surface area contributed by atoms with E-state index in [1.807, 2.05) is 6.20 Å². The zero-order valence-electron chi connectivity index (χ0n) is 13.0. The number of guanidine groups is 1. The summed E-state index contributed by atoms with van der Waals surface area (Å²) in [6, 6.07) is 5.44. The lowest BCUT2D eigenvalue weighted by atomic mass is 10.1. The van der Waals surface area contributed by atoms with Gasteiger partial charge in [-0.05, 0) is 18.6 Å². The lowest BCUT2D eigenvalue weighted by Gasteiger charge is -2.20. The van der Waals surface area contributed by atoms with E-state index in [0.717, 1.165) is 18.8 Å². The van der Waals surface area contributed by atoms with Crippen molar-refractivity contribution in [1.82, 2.24) is 9.55 Å². The van der Waals surface area contributed by atoms with E-state index in [-0.39, 0.29) is 41.7 Å². The highest BCUT2D eigenvalue weighted by molar-refractivity contribution is 14.0. The number of imidazole rings is 1. The molecule has 0 radical (unpaired) electrons. The first-order valence-electron chi connectivity index (χ1n) is 7.35. The number of nitrogens with one attached hydrogen (secondary N) is 1. The number of nitrogens with two attached hydrogens (primary N) is 1. The van der Waals surface area contributed by atoms with Crippen LogP contribution in [0.5, 0.6) is 5.75 Å². The van der Waals surface area contributed by atoms with E-state index in [4.69, 9.17) is 5.73 Å². The van der Waals surface area contributed by atoms with Gasteiger partial charge in [-0.3, -0.25) is 0 Å². The number of hydrogen-bond donors (Lipinski definition) is 2. The fourth-order valence-corrected chi connectivity index (χ4v) is 2.59. The predicted molar refractivity (Wildman–Crippen MR) is 98.1 cm³/mol. The zero-order chi connectivity index (χ0) is 17.2. The number of nitrogens with zero attached hydrogens (tertiary/aromatic N) is 3. The molecule has 0 saturated carbocycles. The number of fused-ring (bicyclic) bond motifs is 1. The molecule has 3 N–H and O–H groups in total. The summed E-state index contributed by atoms with van der Waals surface area (Å²) < 4.78 is 42.7. The van der Waals surface area contributed by atoms with Crippen LogP contribution >= 0.6 is 24.0 Å². The minimum absolute atomic E-state index is 0. The van der Waals surface area contributed by atoms with Crippen LogP contribution in [0.25, 0.3) is 0 Å². The van der Waals surface area contributed by atoms with Gasteiger partial charge in [0, 0.05) is 37.1 Å². The van der Waals surface area contributed by atoms with Crippen molar-refractivity contribution >= 4 is 35.6 Å². The third-order valence-electron chi connectivity index (χ3n) is 3.58. The summed E-state index contributed by atoms with van der Waals surface area (Å²) in [5.74, 6) is 0.771. The minimum atomic E-state index is -4.73. The average Bonchev–Trinajstić information content (AvgIpc) is 2.93. The number of benzene rings is 1. The molecule has 6 nitrogen and oxygen atoms in total. The highest BCUT2D eigenvalue weighted by Gasteiger charge is 2.31. The molecule has 25 heavy (non-hydrogen) atoms. The Morgan fingerprint density at radius 2 is 2.20 bits per heavy atom. The number of alkyl halides is 3. The van der Waals surface area contributed by atoms with Gasteiger partial charge in [-0.2, -0.15) is 0 Å². The molecule has 2 heterocycles. The van der Waals surface area contributed by atoms with Crippen molar-refractivity contribution in [2.75, 3.05) is 5.32 Å². The molecule has 0 saturated heterocycles. The second kappa shape index (κ2) is 7.93. The van der Waals surface area contributed by atoms with E-state index in [9.17, 15) is 13.2 Å². The van der Waals surface area contributed by atoms with Crippen LogP contribution in [0.4, 0.5) is 18.9 Å². The van der Waals surface area contributed by atoms with Crippen LogP contribution in [0.3, 0.4) is 0 Å². The van der Waals surface area contributed by atoms with Gasteiger partial charge < -0.3 is 20.4 Å². The Balaban J connectivity index is 0.00000225. The summed E-state index contributed by atoms with van der Waals surface area (Å²) in [4.78, 5) is 8.63. The summed E-state index contributed by atoms with van der Waals surface area (Å²) in [5, 5.41) is 2.79. The van der Waals surface area contributed by atoms with Gasteiger partial charge in [-0.25, -0.2) is 9.98 Å². The molecule has 136 valence electrons. The second-order valence-electron chi connectivity index (χ2n) is 5.40. The molecule has 1 atom stereocenters. The van der Waals surface area contributed by atoms with Crippen LogP contribution in [0.15, 0.2) is 41.7 Å². The number of rotatable bonds is 3. The molecule has 0 spiro atoms. The van der Waals surface area contributed by atoms with E-state index in [2.05, 4.69) is 24.6 Å². The maximum atomic E-state index is 12.2. The molecule has 1 unspecified atom stereocenters. The molecule has 1 aromatic carbocycles. The maximum Gasteiger partial charge on any atom is 0.573 e. The van der Waals surface area contributed by atoms with E-state index < -0.39 is 6.36 Å². The Hall–Kier alpha value is -1.98. The molecule has 10 heteroatoms. The number of halogens is 4. The third kappa shape index (κ3) is 5.51. The average molecular weight is 467 g/mol. The van der Waals surface area contributed by atoms with E-state index in [0.29, 0.717) is 12.1 Å². The smallest absolute Gasteiger partial charge is 0.406 e. The number of ether oxygens (including phenoxy) is 1. The van der Waals surface area contributed by atoms with E-state index >= 15 is 0 Å². The summed E-state index contributed by atoms with van der Waals surface area (Å²) in [6.07, 6.45) is 0.427. The van der Waals surface area contributed by atoms with Crippen molar-refractivity contribution in [3.63, 3.8) is 0 Å². The second-order valence-corrected chi connectivity index (χ2v) is 5.40. The molecule has 1 aromatic heterocycles. The molecule has 1 aliphatic heterocycles. The maximum absolute atomic E-state index is 12.2. The van der Waals surface area contributed by atoms with Crippen molar-refractivity contribution in [2.45, 2.75) is 31.8 Å². The van der Waals surface area contributed by atoms with Crippen molar-refractivity contribution in [3.05, 3.63) is 42.5 Å². The Morgan fingerprint density at radius 1 is 1.40 bits per heavy atom. The molecule has 0 bridgehead atoms. The normalized spacial score (nSPS) is 17.4. The summed E-state index contributed by atoms with van der Waals surface area (Å²) >= 11 is 0. The number of aryl methyl sites for hydroxylation is 1. The van der Waals surface area contributed by atoms with E-state index in [1.54, 1.807) is 12.3 Å². The van der Waals surface area contributed by atoms with Crippen LogP contribution in [0.2, 0.25) is 0 Å². The largest absolute Gasteiger partial charge is 0.573 e. The molecular weight excluding hydrogens is 450 g/mol. The molecular formula is C15H17F3IN5O. The summed E-state index contributed by atoms with van der Waals surface area (Å²) in [6.45, 7) is 0.811. The number of aliphatic imine (C=N–C) groups is 1. The van der Waals surface area contributed by atoms with Crippen LogP contribution in [0.1, 0.15) is 12.2 Å². The fourth-order valence-electron chi connectivity index (χ4n) is 2.59. The first-order valence-corrected chi connectivity index (χ1v) is 7.35. The molecule has 2 aromatic rings. The van der Waals surface area contributed by atoms with Crippen LogP contribution < -0.4 is 15.8 Å². The number of anilines is 1. The third-order valence-corrected chi connectivity index (χ3v) is 3.58. The SMILES string of the molecule is I.NC(=NC1CCn2ccnc2C1)Nc1cccc(OC(F)(F)F)c1. The fraction of sp³-hybridized carbons (Fsp3) is 0.333. The molecule has 0 aliphatic carbocycles. The van der Waals surface area contributed by atoms with Gasteiger partial charge in [0.1, 0.15) is 11.6 Å². The van der Waals surface area contributed by atoms with Gasteiger partial charge in [0.2, 0.25) is 0 Å². The highest BCUT2D eigenvalue weighted by atomic mass is 127. The molecule has 0 fully saturated rings. The Morgan fingerprint density at radius 3 is 2.96 bits per heavy atom. The van der Waals surface area contributed by atoms with Gasteiger partial charge in [0.15, 0.2) is 5.96 Å². The Kier molecular flexibility index (Phi) is 6.14. The lowest BCUT2D eigenvalue weighted by Crippen LogP contribution is -2.29. The van der Waals surface area contributed by atoms with Gasteiger partial charge in [-0.15, -0.1) is 37.1 Å². The van der Waals surface area contributed by atoms with Gasteiger partial charge >= 0.3 is 6.36 Å². The standard InChI is InChI=1S/C15H16F3N5O.HI/c16-15(17,18)24-12-3-1-2-10(8-12)21-14(19)22-11-4-6-23-7-5-20-13(23)9-11;/h1-3,5,7-8,11H,4,6,9H2,(H3,19,21,22);1H. The van der Waals surface area contributed by atoms with Crippen molar-refractivity contribution in [2.24, 2.45) is 10.7 Å². The predicted octanol–water partition coefficient (Wildman–Crippen LogP) is 3.14. The number of aromatic nitrogens is 2. The lowest BCUT2D eigenvalue weighted by molar-refractivity contribution is -0.274. The van der Waals surface area contributed by atoms with Crippen molar-refractivity contribution in [3.8, 4) is 5.75 Å². The van der Waals surface area contributed by atoms with Gasteiger partial charge in [-0.1, -0.05) is 6.07 Å². The van der Waals surface area contributed by atoms with Crippen LogP contribution in [-0.2, 0) is 13.0 Å². The van der Waals surface area contributed by atoms with Gasteiger partial charge in [0.25, 0.3) is 0 Å². The van der Waals surface area contributed by atoms with Gasteiger partial charge in [0.05, 0.1) is 6.04 Å². The minimum Gasteiger partial charge on any atom is -0.406 e. The summed E-state index contributed by atoms with van der Waals surface area (Å²) in [7, 11) is 0. The zero-order valence-corrected chi connectivity index (χ0v) is 15.4. The molecule has 1 aliphatic rings. The molecule has 3 rings (SSSR count).